The fourth-order valence-corrected chi connectivity index (χ4v) is 4.17. The first-order chi connectivity index (χ1) is 11.8. The molecule has 0 aromatic heterocycles. The number of rotatable bonds is 6. The van der Waals surface area contributed by atoms with E-state index in [0.717, 1.165) is 19.4 Å². The van der Waals surface area contributed by atoms with Crippen molar-refractivity contribution in [1.29, 1.82) is 0 Å². The highest BCUT2D eigenvalue weighted by molar-refractivity contribution is 5.89. The summed E-state index contributed by atoms with van der Waals surface area (Å²) in [6, 6.07) is 0. The fourth-order valence-electron chi connectivity index (χ4n) is 4.17. The Morgan fingerprint density at radius 2 is 2.00 bits per heavy atom. The van der Waals surface area contributed by atoms with Crippen LogP contribution in [0.4, 0.5) is 0 Å². The van der Waals surface area contributed by atoms with Crippen LogP contribution in [0.25, 0.3) is 0 Å². The zero-order valence-corrected chi connectivity index (χ0v) is 15.8. The van der Waals surface area contributed by atoms with Crippen LogP contribution in [0, 0.1) is 17.3 Å². The largest absolute Gasteiger partial charge is 0.378 e. The molecule has 0 spiro atoms. The van der Waals surface area contributed by atoms with Crippen molar-refractivity contribution in [2.24, 2.45) is 23.0 Å². The van der Waals surface area contributed by atoms with Gasteiger partial charge in [-0.15, -0.1) is 0 Å². The van der Waals surface area contributed by atoms with Crippen LogP contribution < -0.4 is 11.1 Å². The van der Waals surface area contributed by atoms with Gasteiger partial charge in [0.05, 0.1) is 12.0 Å². The molecule has 1 aliphatic heterocycles. The number of piperidine rings is 1. The predicted molar refractivity (Wildman–Crippen MR) is 95.8 cm³/mol. The fraction of sp³-hybridized carbons (Fsp3) is 0.895. The van der Waals surface area contributed by atoms with Crippen LogP contribution in [0.15, 0.2) is 0 Å². The monoisotopic (exact) mass is 351 g/mol. The minimum atomic E-state index is -0.890. The lowest BCUT2D eigenvalue weighted by molar-refractivity contribution is -0.180. The molecule has 3 rings (SSSR count). The summed E-state index contributed by atoms with van der Waals surface area (Å²) in [7, 11) is 0. The van der Waals surface area contributed by atoms with E-state index in [1.54, 1.807) is 0 Å². The number of carbonyl (C=O) groups excluding carboxylic acids is 2. The summed E-state index contributed by atoms with van der Waals surface area (Å²) in [5, 5.41) is 3.05. The number of ether oxygens (including phenoxy) is 1. The maximum absolute atomic E-state index is 13.1. The number of nitrogens with one attached hydrogen (secondary N) is 1. The van der Waals surface area contributed by atoms with E-state index in [4.69, 9.17) is 10.5 Å². The molecule has 1 saturated heterocycles. The second kappa shape index (κ2) is 6.88. The van der Waals surface area contributed by atoms with Gasteiger partial charge in [-0.25, -0.2) is 0 Å². The van der Waals surface area contributed by atoms with E-state index in [9.17, 15) is 9.59 Å². The molecule has 0 radical (unpaired) electrons. The standard InChI is InChI=1S/C19H33N3O3/c1-4-25-15-10-19(20,18(15,2)3)17(24)22-9-5-6-14(12-22)16(23)21-11-13-7-8-13/h13-15H,4-12,20H2,1-3H3,(H,21,23). The Balaban J connectivity index is 1.59. The summed E-state index contributed by atoms with van der Waals surface area (Å²) < 4.78 is 5.73. The van der Waals surface area contributed by atoms with Gasteiger partial charge in [-0.1, -0.05) is 13.8 Å². The maximum atomic E-state index is 13.1. The van der Waals surface area contributed by atoms with E-state index in [0.29, 0.717) is 32.0 Å². The third-order valence-corrected chi connectivity index (χ3v) is 6.55. The zero-order valence-electron chi connectivity index (χ0n) is 15.8. The van der Waals surface area contributed by atoms with Crippen LogP contribution in [0.5, 0.6) is 0 Å². The van der Waals surface area contributed by atoms with Crippen molar-refractivity contribution >= 4 is 11.8 Å². The first-order valence-corrected chi connectivity index (χ1v) is 9.77. The van der Waals surface area contributed by atoms with Crippen LogP contribution in [-0.2, 0) is 14.3 Å². The van der Waals surface area contributed by atoms with E-state index in [2.05, 4.69) is 5.32 Å². The molecule has 3 N–H and O–H groups in total. The van der Waals surface area contributed by atoms with Gasteiger partial charge in [0.15, 0.2) is 0 Å². The topological polar surface area (TPSA) is 84.7 Å². The first-order valence-electron chi connectivity index (χ1n) is 9.77. The number of hydrogen-bond acceptors (Lipinski definition) is 4. The summed E-state index contributed by atoms with van der Waals surface area (Å²) in [6.45, 7) is 8.59. The molecule has 3 aliphatic rings. The van der Waals surface area contributed by atoms with Crippen molar-refractivity contribution in [2.75, 3.05) is 26.2 Å². The lowest BCUT2D eigenvalue weighted by atomic mass is 9.54. The number of hydrogen-bond donors (Lipinski definition) is 2. The number of nitrogens with zero attached hydrogens (tertiary/aromatic N) is 1. The van der Waals surface area contributed by atoms with Crippen molar-refractivity contribution < 1.29 is 14.3 Å². The SMILES string of the molecule is CCOC1CC(N)(C(=O)N2CCCC(C(=O)NCC3CC3)C2)C1(C)C. The zero-order chi connectivity index (χ0) is 18.2. The lowest BCUT2D eigenvalue weighted by Gasteiger charge is -2.59. The average molecular weight is 351 g/mol. The van der Waals surface area contributed by atoms with E-state index < -0.39 is 5.54 Å². The molecule has 3 fully saturated rings. The average Bonchev–Trinajstić information content (AvgIpc) is 3.43. The maximum Gasteiger partial charge on any atom is 0.243 e. The van der Waals surface area contributed by atoms with Gasteiger partial charge in [-0.05, 0) is 38.5 Å². The van der Waals surface area contributed by atoms with Crippen molar-refractivity contribution in [1.82, 2.24) is 10.2 Å². The summed E-state index contributed by atoms with van der Waals surface area (Å²) in [5.74, 6) is 0.637. The number of nitrogens with two attached hydrogens (primary N) is 1. The predicted octanol–water partition coefficient (Wildman–Crippen LogP) is 1.28. The highest BCUT2D eigenvalue weighted by atomic mass is 16.5. The Bertz CT molecular complexity index is 532. The minimum Gasteiger partial charge on any atom is -0.378 e. The molecule has 142 valence electrons. The highest BCUT2D eigenvalue weighted by Gasteiger charge is 2.63. The van der Waals surface area contributed by atoms with Crippen LogP contribution in [0.2, 0.25) is 0 Å². The van der Waals surface area contributed by atoms with Crippen molar-refractivity contribution in [2.45, 2.75) is 64.5 Å². The quantitative estimate of drug-likeness (QED) is 0.755. The van der Waals surface area contributed by atoms with Gasteiger partial charge in [-0.2, -0.15) is 0 Å². The smallest absolute Gasteiger partial charge is 0.243 e. The molecule has 25 heavy (non-hydrogen) atoms. The summed E-state index contributed by atoms with van der Waals surface area (Å²) in [5.41, 5.74) is 5.25. The Morgan fingerprint density at radius 3 is 2.60 bits per heavy atom. The first kappa shape index (κ1) is 18.6. The third-order valence-electron chi connectivity index (χ3n) is 6.55. The van der Waals surface area contributed by atoms with Gasteiger partial charge in [-0.3, -0.25) is 9.59 Å². The second-order valence-electron chi connectivity index (χ2n) is 8.62. The molecule has 3 unspecified atom stereocenters. The van der Waals surface area contributed by atoms with Gasteiger partial charge >= 0.3 is 0 Å². The Labute approximate surface area is 150 Å². The van der Waals surface area contributed by atoms with Crippen molar-refractivity contribution in [3.05, 3.63) is 0 Å². The third kappa shape index (κ3) is 3.43. The van der Waals surface area contributed by atoms with Crippen LogP contribution in [0.1, 0.15) is 52.9 Å². The number of amides is 2. The summed E-state index contributed by atoms with van der Waals surface area (Å²) >= 11 is 0. The van der Waals surface area contributed by atoms with Crippen molar-refractivity contribution in [3.8, 4) is 0 Å². The number of carbonyl (C=O) groups is 2. The minimum absolute atomic E-state index is 0.0202. The van der Waals surface area contributed by atoms with E-state index in [-0.39, 0.29) is 29.3 Å². The molecule has 2 amide bonds. The normalized spacial score (nSPS) is 34.3. The Kier molecular flexibility index (Phi) is 5.13. The molecule has 6 nitrogen and oxygen atoms in total. The molecular formula is C19H33N3O3. The van der Waals surface area contributed by atoms with Gasteiger partial charge in [0, 0.05) is 38.1 Å². The van der Waals surface area contributed by atoms with E-state index >= 15 is 0 Å². The molecular weight excluding hydrogens is 318 g/mol. The molecule has 0 aromatic rings. The van der Waals surface area contributed by atoms with Crippen molar-refractivity contribution in [3.63, 3.8) is 0 Å². The van der Waals surface area contributed by atoms with E-state index in [1.807, 2.05) is 25.7 Å². The lowest BCUT2D eigenvalue weighted by Crippen LogP contribution is -2.76. The van der Waals surface area contributed by atoms with Gasteiger partial charge in [0.1, 0.15) is 5.54 Å². The molecule has 0 bridgehead atoms. The Hall–Kier alpha value is -1.14. The van der Waals surface area contributed by atoms with E-state index in [1.165, 1.54) is 12.8 Å². The molecule has 2 saturated carbocycles. The summed E-state index contributed by atoms with van der Waals surface area (Å²) in [4.78, 5) is 27.3. The second-order valence-corrected chi connectivity index (χ2v) is 8.62. The molecule has 1 heterocycles. The Morgan fingerprint density at radius 1 is 1.28 bits per heavy atom. The number of likely N-dealkylation sites (tertiary alicyclic amines) is 1. The highest BCUT2D eigenvalue weighted by Crippen LogP contribution is 2.50. The van der Waals surface area contributed by atoms with Gasteiger partial charge in [0.2, 0.25) is 11.8 Å². The van der Waals surface area contributed by atoms with Gasteiger partial charge in [0.25, 0.3) is 0 Å². The molecule has 0 aromatic carbocycles. The van der Waals surface area contributed by atoms with Gasteiger partial charge < -0.3 is 20.7 Å². The van der Waals surface area contributed by atoms with Crippen LogP contribution in [0.3, 0.4) is 0 Å². The van der Waals surface area contributed by atoms with Crippen LogP contribution in [-0.4, -0.2) is 54.6 Å². The molecule has 6 heteroatoms. The summed E-state index contributed by atoms with van der Waals surface area (Å²) in [6.07, 6.45) is 4.74. The molecule has 2 aliphatic carbocycles. The molecule has 3 atom stereocenters. The van der Waals surface area contributed by atoms with Crippen LogP contribution >= 0.6 is 0 Å².